The quantitative estimate of drug-likeness (QED) is 0.823. The molecule has 1 aromatic carbocycles. The SMILES string of the molecule is CN(C)C(=O)N1C[C@@H]2CC[C@H](C1)N(Cc1ccc3c(c1)OCCO3)C2. The maximum atomic E-state index is 12.4. The van der Waals surface area contributed by atoms with Gasteiger partial charge in [0.2, 0.25) is 0 Å². The first-order valence-electron chi connectivity index (χ1n) is 9.19. The molecule has 2 atom stereocenters. The largest absolute Gasteiger partial charge is 0.486 e. The van der Waals surface area contributed by atoms with Gasteiger partial charge in [0.15, 0.2) is 11.5 Å². The van der Waals surface area contributed by atoms with Crippen LogP contribution in [0.5, 0.6) is 11.5 Å². The van der Waals surface area contributed by atoms with E-state index >= 15 is 0 Å². The van der Waals surface area contributed by atoms with Crippen molar-refractivity contribution in [3.63, 3.8) is 0 Å². The highest BCUT2D eigenvalue weighted by Crippen LogP contribution is 2.33. The molecule has 2 bridgehead atoms. The molecule has 6 heteroatoms. The Kier molecular flexibility index (Phi) is 4.46. The molecule has 3 saturated heterocycles. The Morgan fingerprint density at radius 3 is 2.72 bits per heavy atom. The van der Waals surface area contributed by atoms with E-state index in [0.717, 1.165) is 37.7 Å². The van der Waals surface area contributed by atoms with Gasteiger partial charge in [0, 0.05) is 46.3 Å². The van der Waals surface area contributed by atoms with Crippen LogP contribution in [0.25, 0.3) is 0 Å². The number of piperidine rings is 1. The molecule has 136 valence electrons. The van der Waals surface area contributed by atoms with Gasteiger partial charge in [-0.1, -0.05) is 6.07 Å². The van der Waals surface area contributed by atoms with Gasteiger partial charge in [-0.15, -0.1) is 0 Å². The van der Waals surface area contributed by atoms with Crippen LogP contribution < -0.4 is 9.47 Å². The highest BCUT2D eigenvalue weighted by molar-refractivity contribution is 5.74. The van der Waals surface area contributed by atoms with E-state index in [2.05, 4.69) is 17.0 Å². The van der Waals surface area contributed by atoms with E-state index < -0.39 is 0 Å². The van der Waals surface area contributed by atoms with Crippen molar-refractivity contribution in [2.24, 2.45) is 5.92 Å². The third kappa shape index (κ3) is 3.40. The van der Waals surface area contributed by atoms with Crippen LogP contribution in [0.1, 0.15) is 18.4 Å². The number of benzene rings is 1. The van der Waals surface area contributed by atoms with Crippen molar-refractivity contribution < 1.29 is 14.3 Å². The van der Waals surface area contributed by atoms with Gasteiger partial charge in [-0.25, -0.2) is 4.79 Å². The molecule has 25 heavy (non-hydrogen) atoms. The zero-order valence-electron chi connectivity index (χ0n) is 15.1. The second-order valence-corrected chi connectivity index (χ2v) is 7.59. The number of nitrogens with zero attached hydrogens (tertiary/aromatic N) is 3. The van der Waals surface area contributed by atoms with Crippen LogP contribution in [0.3, 0.4) is 0 Å². The van der Waals surface area contributed by atoms with Crippen molar-refractivity contribution >= 4 is 6.03 Å². The lowest BCUT2D eigenvalue weighted by molar-refractivity contribution is 0.122. The van der Waals surface area contributed by atoms with Crippen LogP contribution >= 0.6 is 0 Å². The van der Waals surface area contributed by atoms with Crippen molar-refractivity contribution in [3.8, 4) is 11.5 Å². The standard InChI is InChI=1S/C19H27N3O3/c1-20(2)19(23)22-12-15-3-5-16(13-22)21(11-15)10-14-4-6-17-18(9-14)25-8-7-24-17/h4,6,9,15-16H,3,5,7-8,10-13H2,1-2H3/t15-,16-/m1/s1. The van der Waals surface area contributed by atoms with Crippen molar-refractivity contribution in [2.75, 3.05) is 46.9 Å². The number of fused-ring (bicyclic) bond motifs is 5. The predicted octanol–water partition coefficient (Wildman–Crippen LogP) is 2.04. The lowest BCUT2D eigenvalue weighted by atomic mass is 9.94. The molecule has 3 fully saturated rings. The Morgan fingerprint density at radius 2 is 1.92 bits per heavy atom. The first kappa shape index (κ1) is 16.5. The molecule has 6 nitrogen and oxygen atoms in total. The number of rotatable bonds is 2. The molecule has 0 spiro atoms. The molecular formula is C19H27N3O3. The van der Waals surface area contributed by atoms with E-state index in [1.165, 1.54) is 18.4 Å². The Morgan fingerprint density at radius 1 is 1.12 bits per heavy atom. The summed E-state index contributed by atoms with van der Waals surface area (Å²) in [6.07, 6.45) is 2.39. The van der Waals surface area contributed by atoms with Crippen molar-refractivity contribution in [1.82, 2.24) is 14.7 Å². The Hall–Kier alpha value is -1.95. The molecule has 1 aromatic rings. The van der Waals surface area contributed by atoms with Crippen LogP contribution in [0.15, 0.2) is 18.2 Å². The van der Waals surface area contributed by atoms with E-state index in [1.54, 1.807) is 4.90 Å². The number of carbonyl (C=O) groups excluding carboxylic acids is 1. The van der Waals surface area contributed by atoms with Gasteiger partial charge in [0.1, 0.15) is 13.2 Å². The normalized spacial score (nSPS) is 25.6. The minimum atomic E-state index is 0.137. The first-order chi connectivity index (χ1) is 12.1. The zero-order valence-corrected chi connectivity index (χ0v) is 15.1. The fourth-order valence-electron chi connectivity index (χ4n) is 4.23. The zero-order chi connectivity index (χ0) is 17.4. The highest BCUT2D eigenvalue weighted by atomic mass is 16.6. The fourth-order valence-corrected chi connectivity index (χ4v) is 4.23. The summed E-state index contributed by atoms with van der Waals surface area (Å²) in [5.74, 6) is 2.27. The third-order valence-electron chi connectivity index (χ3n) is 5.47. The molecular weight excluding hydrogens is 318 g/mol. The van der Waals surface area contributed by atoms with Gasteiger partial charge in [-0.2, -0.15) is 0 Å². The van der Waals surface area contributed by atoms with Crippen molar-refractivity contribution in [1.29, 1.82) is 0 Å². The number of amides is 2. The maximum Gasteiger partial charge on any atom is 0.319 e. The smallest absolute Gasteiger partial charge is 0.319 e. The molecule has 4 heterocycles. The fraction of sp³-hybridized carbons (Fsp3) is 0.632. The van der Waals surface area contributed by atoms with E-state index in [4.69, 9.17) is 9.47 Å². The minimum absolute atomic E-state index is 0.137. The van der Waals surface area contributed by atoms with E-state index in [9.17, 15) is 4.79 Å². The van der Waals surface area contributed by atoms with Crippen LogP contribution in [0.2, 0.25) is 0 Å². The van der Waals surface area contributed by atoms with E-state index in [-0.39, 0.29) is 6.03 Å². The van der Waals surface area contributed by atoms with Gasteiger partial charge in [0.25, 0.3) is 0 Å². The Bertz CT molecular complexity index is 649. The van der Waals surface area contributed by atoms with Gasteiger partial charge in [-0.05, 0) is 36.5 Å². The second-order valence-electron chi connectivity index (χ2n) is 7.59. The summed E-state index contributed by atoms with van der Waals surface area (Å²) >= 11 is 0. The van der Waals surface area contributed by atoms with Gasteiger partial charge < -0.3 is 19.3 Å². The number of hydrogen-bond acceptors (Lipinski definition) is 4. The Labute approximate surface area is 149 Å². The van der Waals surface area contributed by atoms with Crippen molar-refractivity contribution in [2.45, 2.75) is 25.4 Å². The lowest BCUT2D eigenvalue weighted by Gasteiger charge is -2.36. The van der Waals surface area contributed by atoms with E-state index in [1.807, 2.05) is 25.1 Å². The number of carbonyl (C=O) groups is 1. The Balaban J connectivity index is 1.47. The molecule has 0 unspecified atom stereocenters. The summed E-state index contributed by atoms with van der Waals surface area (Å²) in [6, 6.07) is 6.83. The number of urea groups is 1. The van der Waals surface area contributed by atoms with Crippen LogP contribution in [-0.2, 0) is 6.54 Å². The highest BCUT2D eigenvalue weighted by Gasteiger charge is 2.36. The summed E-state index contributed by atoms with van der Waals surface area (Å²) in [4.78, 5) is 18.7. The topological polar surface area (TPSA) is 45.3 Å². The molecule has 4 aliphatic heterocycles. The summed E-state index contributed by atoms with van der Waals surface area (Å²) in [5.41, 5.74) is 1.25. The summed E-state index contributed by atoms with van der Waals surface area (Å²) in [5, 5.41) is 0. The van der Waals surface area contributed by atoms with Crippen LogP contribution in [0, 0.1) is 5.92 Å². The van der Waals surface area contributed by atoms with Gasteiger partial charge in [0.05, 0.1) is 0 Å². The molecule has 0 N–H and O–H groups in total. The molecule has 0 radical (unpaired) electrons. The molecule has 4 aliphatic rings. The van der Waals surface area contributed by atoms with Gasteiger partial charge in [-0.3, -0.25) is 4.90 Å². The summed E-state index contributed by atoms with van der Waals surface area (Å²) in [7, 11) is 3.67. The maximum absolute atomic E-state index is 12.4. The molecule has 2 amide bonds. The van der Waals surface area contributed by atoms with Crippen LogP contribution in [-0.4, -0.2) is 73.7 Å². The molecule has 5 rings (SSSR count). The average molecular weight is 345 g/mol. The third-order valence-corrected chi connectivity index (χ3v) is 5.47. The number of ether oxygens (including phenoxy) is 2. The monoisotopic (exact) mass is 345 g/mol. The first-order valence-corrected chi connectivity index (χ1v) is 9.19. The average Bonchev–Trinajstić information content (AvgIpc) is 2.92. The van der Waals surface area contributed by atoms with Crippen LogP contribution in [0.4, 0.5) is 4.79 Å². The molecule has 0 saturated carbocycles. The molecule has 0 aromatic heterocycles. The van der Waals surface area contributed by atoms with Crippen molar-refractivity contribution in [3.05, 3.63) is 23.8 Å². The summed E-state index contributed by atoms with van der Waals surface area (Å²) < 4.78 is 11.3. The number of hydrogen-bond donors (Lipinski definition) is 0. The second kappa shape index (κ2) is 6.75. The molecule has 0 aliphatic carbocycles. The lowest BCUT2D eigenvalue weighted by Crippen LogP contribution is -2.45. The van der Waals surface area contributed by atoms with E-state index in [0.29, 0.717) is 25.2 Å². The van der Waals surface area contributed by atoms with Gasteiger partial charge >= 0.3 is 6.03 Å². The predicted molar refractivity (Wildman–Crippen MR) is 95.0 cm³/mol. The summed E-state index contributed by atoms with van der Waals surface area (Å²) in [6.45, 7) is 4.92. The minimum Gasteiger partial charge on any atom is -0.486 e.